The van der Waals surface area contributed by atoms with Gasteiger partial charge in [-0.05, 0) is 67.9 Å². The third kappa shape index (κ3) is 3.71. The van der Waals surface area contributed by atoms with Gasteiger partial charge in [0.2, 0.25) is 0 Å². The molecule has 1 heteroatoms. The molecule has 2 aromatic rings. The van der Waals surface area contributed by atoms with Crippen molar-refractivity contribution in [2.24, 2.45) is 0 Å². The molecule has 1 nitrogen and oxygen atoms in total. The van der Waals surface area contributed by atoms with Crippen molar-refractivity contribution < 1.29 is 5.11 Å². The van der Waals surface area contributed by atoms with Crippen LogP contribution in [0.2, 0.25) is 0 Å². The summed E-state index contributed by atoms with van der Waals surface area (Å²) < 4.78 is 0. The molecule has 0 saturated heterocycles. The molecule has 1 atom stereocenters. The minimum atomic E-state index is -0.269. The fourth-order valence-corrected chi connectivity index (χ4v) is 2.72. The molecule has 0 heterocycles. The highest BCUT2D eigenvalue weighted by molar-refractivity contribution is 5.34. The molecule has 0 saturated carbocycles. The molecule has 0 aliphatic rings. The van der Waals surface area contributed by atoms with Crippen molar-refractivity contribution in [2.75, 3.05) is 0 Å². The van der Waals surface area contributed by atoms with E-state index >= 15 is 0 Å². The van der Waals surface area contributed by atoms with E-state index in [1.54, 1.807) is 0 Å². The minimum absolute atomic E-state index is 0.269. The summed E-state index contributed by atoms with van der Waals surface area (Å²) in [5, 5.41) is 10.3. The summed E-state index contributed by atoms with van der Waals surface area (Å²) in [6, 6.07) is 14.7. The SMILES string of the molecule is Cc1ccccc1CCC(O)Cc1c(C)cccc1C. The lowest BCUT2D eigenvalue weighted by Crippen LogP contribution is -2.13. The fraction of sp³-hybridized carbons (Fsp3) is 0.368. The van der Waals surface area contributed by atoms with Crippen LogP contribution in [0.4, 0.5) is 0 Å². The number of aryl methyl sites for hydroxylation is 4. The van der Waals surface area contributed by atoms with Gasteiger partial charge in [-0.1, -0.05) is 42.5 Å². The van der Waals surface area contributed by atoms with Crippen LogP contribution in [0.3, 0.4) is 0 Å². The van der Waals surface area contributed by atoms with Crippen LogP contribution < -0.4 is 0 Å². The number of hydrogen-bond donors (Lipinski definition) is 1. The number of aliphatic hydroxyl groups is 1. The van der Waals surface area contributed by atoms with Gasteiger partial charge in [0.1, 0.15) is 0 Å². The minimum Gasteiger partial charge on any atom is -0.393 e. The van der Waals surface area contributed by atoms with E-state index in [2.05, 4.69) is 63.2 Å². The molecule has 2 aromatic carbocycles. The normalized spacial score (nSPS) is 12.4. The fourth-order valence-electron chi connectivity index (χ4n) is 2.72. The molecule has 2 rings (SSSR count). The Morgan fingerprint density at radius 3 is 2.10 bits per heavy atom. The second-order valence-electron chi connectivity index (χ2n) is 5.69. The number of aliphatic hydroxyl groups excluding tert-OH is 1. The Kier molecular flexibility index (Phi) is 4.97. The Morgan fingerprint density at radius 2 is 1.45 bits per heavy atom. The van der Waals surface area contributed by atoms with Crippen LogP contribution in [0, 0.1) is 20.8 Å². The Labute approximate surface area is 122 Å². The second kappa shape index (κ2) is 6.71. The van der Waals surface area contributed by atoms with Gasteiger partial charge in [-0.2, -0.15) is 0 Å². The Bertz CT molecular complexity index is 551. The van der Waals surface area contributed by atoms with Crippen molar-refractivity contribution in [2.45, 2.75) is 46.1 Å². The van der Waals surface area contributed by atoms with E-state index in [0.29, 0.717) is 0 Å². The molecule has 106 valence electrons. The van der Waals surface area contributed by atoms with E-state index < -0.39 is 0 Å². The lowest BCUT2D eigenvalue weighted by molar-refractivity contribution is 0.165. The van der Waals surface area contributed by atoms with Gasteiger partial charge in [0.25, 0.3) is 0 Å². The van der Waals surface area contributed by atoms with Crippen LogP contribution in [-0.2, 0) is 12.8 Å². The zero-order chi connectivity index (χ0) is 14.5. The van der Waals surface area contributed by atoms with Crippen molar-refractivity contribution in [1.29, 1.82) is 0 Å². The maximum atomic E-state index is 10.3. The third-order valence-corrected chi connectivity index (χ3v) is 4.09. The number of rotatable bonds is 5. The quantitative estimate of drug-likeness (QED) is 0.863. The highest BCUT2D eigenvalue weighted by Crippen LogP contribution is 2.18. The predicted octanol–water partition coefficient (Wildman–Crippen LogP) is 4.15. The van der Waals surface area contributed by atoms with Gasteiger partial charge in [0.15, 0.2) is 0 Å². The summed E-state index contributed by atoms with van der Waals surface area (Å²) in [4.78, 5) is 0. The van der Waals surface area contributed by atoms with Crippen molar-refractivity contribution in [3.8, 4) is 0 Å². The molecule has 0 radical (unpaired) electrons. The Hall–Kier alpha value is -1.60. The van der Waals surface area contributed by atoms with Gasteiger partial charge in [0.05, 0.1) is 6.10 Å². The van der Waals surface area contributed by atoms with Crippen molar-refractivity contribution in [1.82, 2.24) is 0 Å². The summed E-state index contributed by atoms with van der Waals surface area (Å²) in [6.45, 7) is 6.38. The van der Waals surface area contributed by atoms with Crippen molar-refractivity contribution in [3.05, 3.63) is 70.3 Å². The zero-order valence-corrected chi connectivity index (χ0v) is 12.7. The highest BCUT2D eigenvalue weighted by Gasteiger charge is 2.10. The van der Waals surface area contributed by atoms with Gasteiger partial charge in [-0.3, -0.25) is 0 Å². The third-order valence-electron chi connectivity index (χ3n) is 4.09. The van der Waals surface area contributed by atoms with E-state index in [-0.39, 0.29) is 6.10 Å². The average Bonchev–Trinajstić information content (AvgIpc) is 2.42. The Balaban J connectivity index is 1.96. The predicted molar refractivity (Wildman–Crippen MR) is 85.1 cm³/mol. The van der Waals surface area contributed by atoms with Crippen LogP contribution in [0.1, 0.15) is 34.2 Å². The molecule has 0 amide bonds. The van der Waals surface area contributed by atoms with E-state index in [4.69, 9.17) is 0 Å². The molecule has 0 aliphatic carbocycles. The Morgan fingerprint density at radius 1 is 0.850 bits per heavy atom. The van der Waals surface area contributed by atoms with Crippen molar-refractivity contribution >= 4 is 0 Å². The van der Waals surface area contributed by atoms with Gasteiger partial charge >= 0.3 is 0 Å². The van der Waals surface area contributed by atoms with Crippen LogP contribution in [0.5, 0.6) is 0 Å². The highest BCUT2D eigenvalue weighted by atomic mass is 16.3. The van der Waals surface area contributed by atoms with E-state index in [1.165, 1.54) is 27.8 Å². The molecule has 0 spiro atoms. The number of benzene rings is 2. The summed E-state index contributed by atoms with van der Waals surface area (Å²) in [5.41, 5.74) is 6.50. The van der Waals surface area contributed by atoms with Gasteiger partial charge < -0.3 is 5.11 Å². The molecular weight excluding hydrogens is 244 g/mol. The van der Waals surface area contributed by atoms with E-state index in [0.717, 1.165) is 19.3 Å². The monoisotopic (exact) mass is 268 g/mol. The molecular formula is C19H24O. The summed E-state index contributed by atoms with van der Waals surface area (Å²) >= 11 is 0. The molecule has 1 unspecified atom stereocenters. The van der Waals surface area contributed by atoms with Crippen LogP contribution in [-0.4, -0.2) is 11.2 Å². The summed E-state index contributed by atoms with van der Waals surface area (Å²) in [7, 11) is 0. The largest absolute Gasteiger partial charge is 0.393 e. The molecule has 1 N–H and O–H groups in total. The molecule has 0 aromatic heterocycles. The topological polar surface area (TPSA) is 20.2 Å². The molecule has 20 heavy (non-hydrogen) atoms. The first-order valence-electron chi connectivity index (χ1n) is 7.35. The smallest absolute Gasteiger partial charge is 0.0583 e. The molecule has 0 fully saturated rings. The lowest BCUT2D eigenvalue weighted by atomic mass is 9.94. The van der Waals surface area contributed by atoms with Gasteiger partial charge in [-0.15, -0.1) is 0 Å². The van der Waals surface area contributed by atoms with E-state index in [9.17, 15) is 5.11 Å². The first-order chi connectivity index (χ1) is 9.58. The average molecular weight is 268 g/mol. The van der Waals surface area contributed by atoms with Crippen molar-refractivity contribution in [3.63, 3.8) is 0 Å². The standard InChI is InChI=1S/C19H24O/c1-14-7-4-5-10-17(14)11-12-18(20)13-19-15(2)8-6-9-16(19)3/h4-10,18,20H,11-13H2,1-3H3. The second-order valence-corrected chi connectivity index (χ2v) is 5.69. The van der Waals surface area contributed by atoms with Gasteiger partial charge in [0, 0.05) is 0 Å². The summed E-state index contributed by atoms with van der Waals surface area (Å²) in [6.07, 6.45) is 2.25. The van der Waals surface area contributed by atoms with Crippen LogP contribution in [0.15, 0.2) is 42.5 Å². The first kappa shape index (κ1) is 14.8. The first-order valence-corrected chi connectivity index (χ1v) is 7.35. The maximum Gasteiger partial charge on any atom is 0.0583 e. The summed E-state index contributed by atoms with van der Waals surface area (Å²) in [5.74, 6) is 0. The maximum absolute atomic E-state index is 10.3. The zero-order valence-electron chi connectivity index (χ0n) is 12.7. The molecule has 0 bridgehead atoms. The van der Waals surface area contributed by atoms with E-state index in [1.807, 2.05) is 0 Å². The lowest BCUT2D eigenvalue weighted by Gasteiger charge is -2.15. The molecule has 0 aliphatic heterocycles. The van der Waals surface area contributed by atoms with Gasteiger partial charge in [-0.25, -0.2) is 0 Å². The van der Waals surface area contributed by atoms with Crippen LogP contribution >= 0.6 is 0 Å². The van der Waals surface area contributed by atoms with Crippen LogP contribution in [0.25, 0.3) is 0 Å². The number of hydrogen-bond acceptors (Lipinski definition) is 1.